The van der Waals surface area contributed by atoms with Gasteiger partial charge in [0.25, 0.3) is 5.91 Å². The molecule has 45 heavy (non-hydrogen) atoms. The van der Waals surface area contributed by atoms with Gasteiger partial charge in [0.15, 0.2) is 5.54 Å². The molecule has 0 bridgehead atoms. The zero-order chi connectivity index (χ0) is 32.1. The van der Waals surface area contributed by atoms with Crippen molar-refractivity contribution in [2.75, 3.05) is 37.1 Å². The molecule has 3 aromatic rings. The summed E-state index contributed by atoms with van der Waals surface area (Å²) in [6.07, 6.45) is -1.07. The van der Waals surface area contributed by atoms with E-state index in [-0.39, 0.29) is 25.4 Å². The third kappa shape index (κ3) is 3.85. The number of carbonyl (C=O) groups excluding carboxylic acids is 5. The van der Waals surface area contributed by atoms with E-state index in [2.05, 4.69) is 0 Å². The third-order valence-electron chi connectivity index (χ3n) is 9.06. The molecule has 1 fully saturated rings. The lowest BCUT2D eigenvalue weighted by Gasteiger charge is -2.43. The Morgan fingerprint density at radius 1 is 0.689 bits per heavy atom. The molecule has 3 aromatic carbocycles. The summed E-state index contributed by atoms with van der Waals surface area (Å²) in [6, 6.07) is 20.6. The van der Waals surface area contributed by atoms with Crippen molar-refractivity contribution in [2.45, 2.75) is 37.5 Å². The molecule has 0 radical (unpaired) electrons. The summed E-state index contributed by atoms with van der Waals surface area (Å²) in [7, 11) is 3.07. The number of likely N-dealkylation sites (N-methyl/N-ethyl adjacent to an activating group) is 2. The fraction of sp³-hybridized carbons (Fsp3) is 0.324. The molecule has 3 amide bonds. The van der Waals surface area contributed by atoms with Crippen LogP contribution < -0.4 is 9.80 Å². The Labute approximate surface area is 260 Å². The Morgan fingerprint density at radius 3 is 1.87 bits per heavy atom. The van der Waals surface area contributed by atoms with E-state index < -0.39 is 52.8 Å². The number of carbonyl (C=O) groups is 5. The van der Waals surface area contributed by atoms with E-state index in [1.807, 2.05) is 6.07 Å². The van der Waals surface area contributed by atoms with Crippen molar-refractivity contribution in [2.24, 2.45) is 5.92 Å². The zero-order valence-corrected chi connectivity index (χ0v) is 25.4. The Bertz CT molecular complexity index is 1710. The van der Waals surface area contributed by atoms with Crippen LogP contribution in [-0.4, -0.2) is 68.1 Å². The molecule has 0 saturated carbocycles. The average Bonchev–Trinajstić information content (AvgIpc) is 3.56. The van der Waals surface area contributed by atoms with E-state index in [1.165, 1.54) is 23.9 Å². The summed E-state index contributed by atoms with van der Waals surface area (Å²) in [6.45, 7) is 2.81. The van der Waals surface area contributed by atoms with Crippen LogP contribution in [0.15, 0.2) is 78.9 Å². The van der Waals surface area contributed by atoms with Gasteiger partial charge < -0.3 is 24.0 Å². The van der Waals surface area contributed by atoms with Gasteiger partial charge in [-0.15, -0.1) is 0 Å². The van der Waals surface area contributed by atoms with Crippen molar-refractivity contribution in [1.29, 1.82) is 0 Å². The Balaban J connectivity index is 1.73. The van der Waals surface area contributed by atoms with Crippen molar-refractivity contribution in [3.05, 3.63) is 95.6 Å². The van der Waals surface area contributed by atoms with Gasteiger partial charge in [-0.25, -0.2) is 9.59 Å². The van der Waals surface area contributed by atoms with Crippen molar-refractivity contribution in [3.63, 3.8) is 0 Å². The second kappa shape index (κ2) is 11.1. The smallest absolute Gasteiger partial charge is 0.412 e. The standard InChI is InChI=1S/C34H33N3O8/c1-5-43-28(38)26-27(29(39)44-6-2)37(32(42)45-20-21-14-8-7-9-15-21)34(23-17-11-13-19-25(23)36(4)31(34)41)33(26)22-16-10-12-18-24(22)35(3)30(33)40/h7-19,26-27H,5-6,20H2,1-4H3/t26-,27-,33+,34+/m0/s1. The van der Waals surface area contributed by atoms with Crippen LogP contribution in [0, 0.1) is 5.92 Å². The molecule has 1 saturated heterocycles. The molecule has 2 spiro atoms. The van der Waals surface area contributed by atoms with E-state index >= 15 is 9.59 Å². The van der Waals surface area contributed by atoms with E-state index in [0.29, 0.717) is 22.5 Å². The van der Waals surface area contributed by atoms with Crippen molar-refractivity contribution in [1.82, 2.24) is 4.90 Å². The predicted octanol–water partition coefficient (Wildman–Crippen LogP) is 3.54. The second-order valence-corrected chi connectivity index (χ2v) is 11.1. The van der Waals surface area contributed by atoms with Crippen molar-refractivity contribution >= 4 is 41.2 Å². The van der Waals surface area contributed by atoms with Gasteiger partial charge in [0.05, 0.1) is 13.2 Å². The van der Waals surface area contributed by atoms with Crippen molar-refractivity contribution in [3.8, 4) is 0 Å². The minimum absolute atomic E-state index is 0.0808. The number of hydrogen-bond donors (Lipinski definition) is 0. The number of hydrogen-bond acceptors (Lipinski definition) is 8. The molecule has 3 aliphatic heterocycles. The number of anilines is 2. The first-order valence-corrected chi connectivity index (χ1v) is 14.8. The number of benzene rings is 3. The van der Waals surface area contributed by atoms with Crippen LogP contribution in [0.4, 0.5) is 16.2 Å². The summed E-state index contributed by atoms with van der Waals surface area (Å²) < 4.78 is 16.9. The molecular weight excluding hydrogens is 578 g/mol. The van der Waals surface area contributed by atoms with Gasteiger partial charge in [-0.3, -0.25) is 19.3 Å². The molecule has 0 aromatic heterocycles. The first kappa shape index (κ1) is 29.9. The zero-order valence-electron chi connectivity index (χ0n) is 25.4. The molecule has 11 nitrogen and oxygen atoms in total. The predicted molar refractivity (Wildman–Crippen MR) is 162 cm³/mol. The van der Waals surface area contributed by atoms with Crippen LogP contribution in [0.1, 0.15) is 30.5 Å². The van der Waals surface area contributed by atoms with Crippen LogP contribution in [0.3, 0.4) is 0 Å². The minimum atomic E-state index is -2.24. The van der Waals surface area contributed by atoms with E-state index in [9.17, 15) is 14.4 Å². The first-order valence-electron chi connectivity index (χ1n) is 14.8. The number of fused-ring (bicyclic) bond motifs is 5. The maximum Gasteiger partial charge on any atom is 0.412 e. The molecule has 0 N–H and O–H groups in total. The van der Waals surface area contributed by atoms with Crippen LogP contribution in [0.5, 0.6) is 0 Å². The van der Waals surface area contributed by atoms with E-state index in [4.69, 9.17) is 14.2 Å². The van der Waals surface area contributed by atoms with E-state index in [1.54, 1.807) is 86.6 Å². The lowest BCUT2D eigenvalue weighted by atomic mass is 9.58. The summed E-state index contributed by atoms with van der Waals surface area (Å²) in [4.78, 5) is 76.7. The van der Waals surface area contributed by atoms with Gasteiger partial charge in [-0.1, -0.05) is 66.7 Å². The summed E-state index contributed by atoms with van der Waals surface area (Å²) >= 11 is 0. The molecular formula is C34H33N3O8. The Morgan fingerprint density at radius 2 is 1.22 bits per heavy atom. The highest BCUT2D eigenvalue weighted by molar-refractivity contribution is 6.22. The number of amides is 3. The maximum absolute atomic E-state index is 15.1. The SMILES string of the molecule is CCOC(=O)[C@@H]1[C@@H](C(=O)OCC)[C@]2(C(=O)N(C)c3ccccc32)[C@@]2(C(=O)N(C)c3ccccc32)N1C(=O)OCc1ccccc1. The van der Waals surface area contributed by atoms with Crippen LogP contribution in [-0.2, 0) is 50.9 Å². The third-order valence-corrected chi connectivity index (χ3v) is 9.06. The number of nitrogens with zero attached hydrogens (tertiary/aromatic N) is 3. The maximum atomic E-state index is 15.1. The van der Waals surface area contributed by atoms with Crippen LogP contribution in [0.2, 0.25) is 0 Å². The molecule has 232 valence electrons. The molecule has 11 heteroatoms. The quantitative estimate of drug-likeness (QED) is 0.307. The lowest BCUT2D eigenvalue weighted by molar-refractivity contribution is -0.160. The van der Waals surface area contributed by atoms with Crippen molar-refractivity contribution < 1.29 is 38.2 Å². The largest absolute Gasteiger partial charge is 0.466 e. The highest BCUT2D eigenvalue weighted by atomic mass is 16.6. The fourth-order valence-corrected chi connectivity index (χ4v) is 7.45. The minimum Gasteiger partial charge on any atom is -0.466 e. The average molecular weight is 612 g/mol. The van der Waals surface area contributed by atoms with Crippen LogP contribution >= 0.6 is 0 Å². The lowest BCUT2D eigenvalue weighted by Crippen LogP contribution is -2.65. The highest BCUT2D eigenvalue weighted by Gasteiger charge is 2.85. The van der Waals surface area contributed by atoms with Gasteiger partial charge in [-0.05, 0) is 37.1 Å². The number of esters is 2. The summed E-state index contributed by atoms with van der Waals surface area (Å²) in [5, 5.41) is 0. The molecule has 4 atom stereocenters. The molecule has 6 rings (SSSR count). The van der Waals surface area contributed by atoms with Gasteiger partial charge >= 0.3 is 18.0 Å². The number of likely N-dealkylation sites (tertiary alicyclic amines) is 1. The number of rotatable bonds is 6. The first-order chi connectivity index (χ1) is 21.7. The van der Waals surface area contributed by atoms with Gasteiger partial charge in [0.2, 0.25) is 5.91 Å². The highest BCUT2D eigenvalue weighted by Crippen LogP contribution is 2.68. The van der Waals surface area contributed by atoms with Gasteiger partial charge in [0.1, 0.15) is 24.0 Å². The fourth-order valence-electron chi connectivity index (χ4n) is 7.45. The number of para-hydroxylation sites is 2. The molecule has 3 heterocycles. The van der Waals surface area contributed by atoms with Gasteiger partial charge in [-0.2, -0.15) is 0 Å². The topological polar surface area (TPSA) is 123 Å². The summed E-state index contributed by atoms with van der Waals surface area (Å²) in [5.41, 5.74) is -2.30. The summed E-state index contributed by atoms with van der Waals surface area (Å²) in [5.74, 6) is -4.90. The number of ether oxygens (including phenoxy) is 3. The van der Waals surface area contributed by atoms with Gasteiger partial charge in [0, 0.05) is 31.0 Å². The molecule has 0 aliphatic carbocycles. The Kier molecular flexibility index (Phi) is 7.34. The molecule has 0 unspecified atom stereocenters. The molecule has 3 aliphatic rings. The second-order valence-electron chi connectivity index (χ2n) is 11.1. The monoisotopic (exact) mass is 611 g/mol. The van der Waals surface area contributed by atoms with Crippen LogP contribution in [0.25, 0.3) is 0 Å². The Hall–Kier alpha value is -5.19. The normalized spacial score (nSPS) is 24.7. The van der Waals surface area contributed by atoms with E-state index in [0.717, 1.165) is 4.90 Å².